The summed E-state index contributed by atoms with van der Waals surface area (Å²) in [5, 5.41) is 9.33. The van der Waals surface area contributed by atoms with Crippen molar-refractivity contribution in [3.05, 3.63) is 12.0 Å². The summed E-state index contributed by atoms with van der Waals surface area (Å²) < 4.78 is 5.49. The summed E-state index contributed by atoms with van der Waals surface area (Å²) in [6.45, 7) is 3.53. The molecule has 106 valence electrons. The highest BCUT2D eigenvalue weighted by Gasteiger charge is 2.47. The topological polar surface area (TPSA) is 67.2 Å². The Morgan fingerprint density at radius 1 is 1.45 bits per heavy atom. The second kappa shape index (κ2) is 6.27. The molecule has 0 bridgehead atoms. The summed E-state index contributed by atoms with van der Waals surface area (Å²) in [6.07, 6.45) is 3.96. The van der Waals surface area contributed by atoms with Gasteiger partial charge < -0.3 is 4.74 Å². The van der Waals surface area contributed by atoms with Gasteiger partial charge in [-0.3, -0.25) is 15.0 Å². The largest absolute Gasteiger partial charge is 0.445 e. The van der Waals surface area contributed by atoms with Crippen LogP contribution in [-0.2, 0) is 14.3 Å². The van der Waals surface area contributed by atoms with Crippen LogP contribution in [0.15, 0.2) is 12.0 Å². The number of cyclic esters (lactones) is 1. The SMILES string of the molecule is C=CSC(=N)C#CC1(C2CCCC2)CC(=O)CC(=O)O1. The number of carbonyl (C=O) groups excluding carboxylic acids is 2. The van der Waals surface area contributed by atoms with E-state index in [0.717, 1.165) is 37.4 Å². The third-order valence-corrected chi connectivity index (χ3v) is 4.21. The Balaban J connectivity index is 2.28. The normalized spacial score (nSPS) is 26.6. The molecule has 1 unspecified atom stereocenters. The van der Waals surface area contributed by atoms with Crippen molar-refractivity contribution in [1.29, 1.82) is 5.41 Å². The fourth-order valence-corrected chi connectivity index (χ4v) is 3.14. The van der Waals surface area contributed by atoms with Crippen LogP contribution in [0.25, 0.3) is 0 Å². The van der Waals surface area contributed by atoms with E-state index in [4.69, 9.17) is 10.1 Å². The number of hydrogen-bond donors (Lipinski definition) is 1. The maximum absolute atomic E-state index is 11.8. The van der Waals surface area contributed by atoms with Crippen LogP contribution < -0.4 is 0 Å². The average Bonchev–Trinajstić information content (AvgIpc) is 2.90. The number of ether oxygens (including phenoxy) is 1. The van der Waals surface area contributed by atoms with Gasteiger partial charge in [0.2, 0.25) is 0 Å². The lowest BCUT2D eigenvalue weighted by molar-refractivity contribution is -0.168. The van der Waals surface area contributed by atoms with Gasteiger partial charge in [0, 0.05) is 5.92 Å². The van der Waals surface area contributed by atoms with Crippen LogP contribution in [0, 0.1) is 23.2 Å². The zero-order valence-corrected chi connectivity index (χ0v) is 12.1. The van der Waals surface area contributed by atoms with Crippen LogP contribution in [0.1, 0.15) is 38.5 Å². The lowest BCUT2D eigenvalue weighted by Gasteiger charge is -2.36. The molecule has 1 N–H and O–H groups in total. The first kappa shape index (κ1) is 14.9. The van der Waals surface area contributed by atoms with Crippen molar-refractivity contribution in [3.8, 4) is 11.8 Å². The van der Waals surface area contributed by atoms with E-state index in [0.29, 0.717) is 0 Å². The molecule has 0 radical (unpaired) electrons. The molecule has 1 aliphatic heterocycles. The summed E-state index contributed by atoms with van der Waals surface area (Å²) in [7, 11) is 0. The van der Waals surface area contributed by atoms with Crippen molar-refractivity contribution in [2.75, 3.05) is 0 Å². The number of hydrogen-bond acceptors (Lipinski definition) is 5. The Bertz CT molecular complexity index is 493. The molecule has 1 aliphatic carbocycles. The number of thioether (sulfide) groups is 1. The Morgan fingerprint density at radius 2 is 2.15 bits per heavy atom. The minimum absolute atomic E-state index is 0.102. The fourth-order valence-electron chi connectivity index (χ4n) is 2.86. The van der Waals surface area contributed by atoms with Gasteiger partial charge in [0.1, 0.15) is 17.2 Å². The Kier molecular flexibility index (Phi) is 4.66. The highest BCUT2D eigenvalue weighted by atomic mass is 32.2. The lowest BCUT2D eigenvalue weighted by Crippen LogP contribution is -2.46. The Hall–Kier alpha value is -1.54. The maximum atomic E-state index is 11.8. The molecule has 2 fully saturated rings. The van der Waals surface area contributed by atoms with Crippen LogP contribution in [0.2, 0.25) is 0 Å². The van der Waals surface area contributed by atoms with Crippen LogP contribution in [0.3, 0.4) is 0 Å². The molecule has 0 amide bonds. The van der Waals surface area contributed by atoms with E-state index in [9.17, 15) is 9.59 Å². The Labute approximate surface area is 122 Å². The summed E-state index contributed by atoms with van der Waals surface area (Å²) in [4.78, 5) is 23.4. The van der Waals surface area contributed by atoms with E-state index in [-0.39, 0.29) is 29.6 Å². The molecule has 1 heterocycles. The molecular weight excluding hydrogens is 274 g/mol. The predicted molar refractivity (Wildman–Crippen MR) is 78.3 cm³/mol. The van der Waals surface area contributed by atoms with Crippen LogP contribution in [-0.4, -0.2) is 22.4 Å². The quantitative estimate of drug-likeness (QED) is 0.279. The Morgan fingerprint density at radius 3 is 2.75 bits per heavy atom. The standard InChI is InChI=1S/C15H17NO3S/c1-2-20-13(16)7-8-15(11-5-3-4-6-11)10-12(17)9-14(18)19-15/h2,11,16H,1,3-6,9-10H2. The number of nitrogens with one attached hydrogen (secondary N) is 1. The van der Waals surface area contributed by atoms with E-state index in [1.807, 2.05) is 0 Å². The number of ketones is 1. The van der Waals surface area contributed by atoms with Crippen LogP contribution in [0.5, 0.6) is 0 Å². The molecular formula is C15H17NO3S. The summed E-state index contributed by atoms with van der Waals surface area (Å²) in [5.41, 5.74) is -1.02. The molecule has 0 aromatic carbocycles. The first-order valence-electron chi connectivity index (χ1n) is 6.68. The molecule has 0 aromatic rings. The molecule has 1 saturated heterocycles. The maximum Gasteiger partial charge on any atom is 0.314 e. The third-order valence-electron chi connectivity index (χ3n) is 3.70. The van der Waals surface area contributed by atoms with Crippen molar-refractivity contribution < 1.29 is 14.3 Å². The predicted octanol–water partition coefficient (Wildman–Crippen LogP) is 2.68. The minimum atomic E-state index is -1.02. The van der Waals surface area contributed by atoms with Gasteiger partial charge in [0.25, 0.3) is 0 Å². The van der Waals surface area contributed by atoms with Crippen molar-refractivity contribution in [1.82, 2.24) is 0 Å². The van der Waals surface area contributed by atoms with E-state index in [2.05, 4.69) is 18.4 Å². The van der Waals surface area contributed by atoms with E-state index < -0.39 is 11.6 Å². The highest BCUT2D eigenvalue weighted by molar-refractivity contribution is 8.16. The third kappa shape index (κ3) is 3.31. The van der Waals surface area contributed by atoms with Crippen LogP contribution in [0.4, 0.5) is 0 Å². The molecule has 1 atom stereocenters. The number of rotatable bonds is 2. The van der Waals surface area contributed by atoms with Gasteiger partial charge in [-0.25, -0.2) is 0 Å². The van der Waals surface area contributed by atoms with E-state index in [1.165, 1.54) is 5.41 Å². The summed E-state index contributed by atoms with van der Waals surface area (Å²) in [6, 6.07) is 0. The first-order valence-corrected chi connectivity index (χ1v) is 7.56. The average molecular weight is 291 g/mol. The molecule has 0 aromatic heterocycles. The second-order valence-electron chi connectivity index (χ2n) is 5.10. The minimum Gasteiger partial charge on any atom is -0.445 e. The van der Waals surface area contributed by atoms with Crippen molar-refractivity contribution in [3.63, 3.8) is 0 Å². The van der Waals surface area contributed by atoms with Gasteiger partial charge in [-0.05, 0) is 30.1 Å². The zero-order chi connectivity index (χ0) is 14.6. The number of carbonyl (C=O) groups is 2. The van der Waals surface area contributed by atoms with Crippen molar-refractivity contribution >= 4 is 28.6 Å². The molecule has 5 heteroatoms. The van der Waals surface area contributed by atoms with E-state index in [1.54, 1.807) is 0 Å². The lowest BCUT2D eigenvalue weighted by atomic mass is 9.80. The van der Waals surface area contributed by atoms with Gasteiger partial charge in [0.05, 0.1) is 6.42 Å². The molecule has 0 spiro atoms. The molecule has 1 saturated carbocycles. The van der Waals surface area contributed by atoms with Gasteiger partial charge >= 0.3 is 5.97 Å². The highest BCUT2D eigenvalue weighted by Crippen LogP contribution is 2.40. The van der Waals surface area contributed by atoms with Gasteiger partial charge in [-0.1, -0.05) is 31.2 Å². The summed E-state index contributed by atoms with van der Waals surface area (Å²) >= 11 is 1.11. The van der Waals surface area contributed by atoms with Crippen LogP contribution >= 0.6 is 11.8 Å². The van der Waals surface area contributed by atoms with Crippen molar-refractivity contribution in [2.45, 2.75) is 44.1 Å². The van der Waals surface area contributed by atoms with Gasteiger partial charge in [0.15, 0.2) is 5.60 Å². The second-order valence-corrected chi connectivity index (χ2v) is 6.08. The van der Waals surface area contributed by atoms with Gasteiger partial charge in [-0.2, -0.15) is 0 Å². The molecule has 2 aliphatic rings. The van der Waals surface area contributed by atoms with E-state index >= 15 is 0 Å². The zero-order valence-electron chi connectivity index (χ0n) is 11.2. The smallest absolute Gasteiger partial charge is 0.314 e. The van der Waals surface area contributed by atoms with Crippen molar-refractivity contribution in [2.24, 2.45) is 5.92 Å². The molecule has 20 heavy (non-hydrogen) atoms. The first-order chi connectivity index (χ1) is 9.55. The monoisotopic (exact) mass is 291 g/mol. The number of Topliss-reactive ketones (excluding diaryl/α,β-unsaturated/α-hetero) is 1. The molecule has 4 nitrogen and oxygen atoms in total. The molecule has 2 rings (SSSR count). The van der Waals surface area contributed by atoms with Gasteiger partial charge in [-0.15, -0.1) is 0 Å². The fraction of sp³-hybridized carbons (Fsp3) is 0.533. The number of esters is 1. The summed E-state index contributed by atoms with van der Waals surface area (Å²) in [5.74, 6) is 5.11.